The van der Waals surface area contributed by atoms with E-state index in [9.17, 15) is 18.0 Å². The number of hydrogen-bond donors (Lipinski definition) is 1. The zero-order valence-electron chi connectivity index (χ0n) is 7.56. The maximum Gasteiger partial charge on any atom is 0.418 e. The van der Waals surface area contributed by atoms with Crippen molar-refractivity contribution in [3.8, 4) is 0 Å². The van der Waals surface area contributed by atoms with Gasteiger partial charge in [0.2, 0.25) is 0 Å². The van der Waals surface area contributed by atoms with Gasteiger partial charge in [-0.2, -0.15) is 18.3 Å². The normalized spacial score (nSPS) is 11.9. The summed E-state index contributed by atoms with van der Waals surface area (Å²) >= 11 is 0. The molecule has 0 bridgehead atoms. The molecule has 2 aromatic heterocycles. The van der Waals surface area contributed by atoms with Crippen molar-refractivity contribution in [2.45, 2.75) is 6.18 Å². The van der Waals surface area contributed by atoms with Crippen LogP contribution in [0.25, 0.3) is 5.52 Å². The molecule has 0 aliphatic carbocycles. The third kappa shape index (κ3) is 1.58. The van der Waals surface area contributed by atoms with E-state index in [4.69, 9.17) is 5.11 Å². The monoisotopic (exact) mass is 231 g/mol. The van der Waals surface area contributed by atoms with Gasteiger partial charge in [0.1, 0.15) is 11.8 Å². The Morgan fingerprint density at radius 1 is 1.44 bits per heavy atom. The summed E-state index contributed by atoms with van der Waals surface area (Å²) in [6.07, 6.45) is -2.91. The first-order valence-electron chi connectivity index (χ1n) is 4.03. The number of carbonyl (C=O) groups is 1. The standard InChI is InChI=1S/C8H4F3N3O2/c9-8(10,11)4-1-5-6(7(15)16)12-3-14(5)13-2-4/h1-3H,(H,15,16). The van der Waals surface area contributed by atoms with Crippen molar-refractivity contribution in [1.82, 2.24) is 14.6 Å². The molecule has 84 valence electrons. The number of halogens is 3. The lowest BCUT2D eigenvalue weighted by Gasteiger charge is -2.05. The molecule has 2 heterocycles. The Morgan fingerprint density at radius 2 is 2.12 bits per heavy atom. The molecule has 2 aromatic rings. The van der Waals surface area contributed by atoms with Crippen LogP contribution in [0, 0.1) is 0 Å². The SMILES string of the molecule is O=C(O)c1ncn2ncc(C(F)(F)F)cc12. The quantitative estimate of drug-likeness (QED) is 0.806. The topological polar surface area (TPSA) is 67.5 Å². The van der Waals surface area contributed by atoms with Crippen molar-refractivity contribution in [1.29, 1.82) is 0 Å². The first-order chi connectivity index (χ1) is 7.39. The van der Waals surface area contributed by atoms with E-state index in [1.165, 1.54) is 0 Å². The zero-order valence-corrected chi connectivity index (χ0v) is 7.56. The minimum atomic E-state index is -4.56. The fourth-order valence-corrected chi connectivity index (χ4v) is 1.20. The summed E-state index contributed by atoms with van der Waals surface area (Å²) in [5, 5.41) is 12.1. The Bertz CT molecular complexity index is 561. The lowest BCUT2D eigenvalue weighted by Crippen LogP contribution is -2.07. The highest BCUT2D eigenvalue weighted by atomic mass is 19.4. The molecule has 0 saturated carbocycles. The number of fused-ring (bicyclic) bond motifs is 1. The zero-order chi connectivity index (χ0) is 11.9. The van der Waals surface area contributed by atoms with Gasteiger partial charge in [-0.25, -0.2) is 14.3 Å². The molecule has 0 unspecified atom stereocenters. The average molecular weight is 231 g/mol. The minimum absolute atomic E-state index is 0.192. The molecule has 1 N–H and O–H groups in total. The lowest BCUT2D eigenvalue weighted by atomic mass is 10.2. The van der Waals surface area contributed by atoms with Crippen LogP contribution < -0.4 is 0 Å². The number of imidazole rings is 1. The predicted octanol–water partition coefficient (Wildman–Crippen LogP) is 1.45. The summed E-state index contributed by atoms with van der Waals surface area (Å²) in [5.74, 6) is -1.40. The number of alkyl halides is 3. The molecule has 0 aliphatic heterocycles. The summed E-state index contributed by atoms with van der Waals surface area (Å²) < 4.78 is 38.0. The summed E-state index contributed by atoms with van der Waals surface area (Å²) in [4.78, 5) is 14.1. The van der Waals surface area contributed by atoms with E-state index in [-0.39, 0.29) is 5.52 Å². The second-order valence-electron chi connectivity index (χ2n) is 2.97. The number of hydrogen-bond acceptors (Lipinski definition) is 3. The van der Waals surface area contributed by atoms with Gasteiger partial charge in [0.15, 0.2) is 5.69 Å². The van der Waals surface area contributed by atoms with Crippen LogP contribution in [0.15, 0.2) is 18.6 Å². The van der Waals surface area contributed by atoms with E-state index < -0.39 is 23.4 Å². The van der Waals surface area contributed by atoms with Crippen LogP contribution in [0.5, 0.6) is 0 Å². The Labute approximate surface area is 86.1 Å². The lowest BCUT2D eigenvalue weighted by molar-refractivity contribution is -0.137. The molecule has 0 saturated heterocycles. The van der Waals surface area contributed by atoms with Crippen LogP contribution >= 0.6 is 0 Å². The smallest absolute Gasteiger partial charge is 0.418 e. The summed E-state index contributed by atoms with van der Waals surface area (Å²) in [6, 6.07) is 0.698. The van der Waals surface area contributed by atoms with Gasteiger partial charge < -0.3 is 5.11 Å². The largest absolute Gasteiger partial charge is 0.476 e. The van der Waals surface area contributed by atoms with Crippen LogP contribution in [0.2, 0.25) is 0 Å². The second kappa shape index (κ2) is 3.19. The number of aromatic carboxylic acids is 1. The number of carboxylic acid groups (broad SMARTS) is 1. The summed E-state index contributed by atoms with van der Waals surface area (Å²) in [7, 11) is 0. The summed E-state index contributed by atoms with van der Waals surface area (Å²) in [5.41, 5.74) is -1.66. The first kappa shape index (κ1) is 10.4. The Kier molecular flexibility index (Phi) is 2.07. The molecular weight excluding hydrogens is 227 g/mol. The van der Waals surface area contributed by atoms with Crippen molar-refractivity contribution in [2.24, 2.45) is 0 Å². The molecule has 0 aromatic carbocycles. The molecule has 2 rings (SSSR count). The van der Waals surface area contributed by atoms with Crippen LogP contribution in [0.1, 0.15) is 16.1 Å². The van der Waals surface area contributed by atoms with Crippen LogP contribution in [0.3, 0.4) is 0 Å². The molecule has 0 amide bonds. The van der Waals surface area contributed by atoms with Crippen molar-refractivity contribution < 1.29 is 23.1 Å². The highest BCUT2D eigenvalue weighted by Crippen LogP contribution is 2.29. The highest BCUT2D eigenvalue weighted by Gasteiger charge is 2.32. The van der Waals surface area contributed by atoms with Gasteiger partial charge in [-0.15, -0.1) is 0 Å². The molecule has 0 radical (unpaired) electrons. The van der Waals surface area contributed by atoms with Crippen LogP contribution in [-0.2, 0) is 6.18 Å². The van der Waals surface area contributed by atoms with E-state index in [0.29, 0.717) is 12.3 Å². The van der Waals surface area contributed by atoms with Crippen molar-refractivity contribution in [3.05, 3.63) is 29.8 Å². The molecule has 0 atom stereocenters. The predicted molar refractivity (Wildman–Crippen MR) is 44.9 cm³/mol. The van der Waals surface area contributed by atoms with Crippen molar-refractivity contribution in [3.63, 3.8) is 0 Å². The fraction of sp³-hybridized carbons (Fsp3) is 0.125. The number of carboxylic acids is 1. The molecule has 0 fully saturated rings. The molecule has 16 heavy (non-hydrogen) atoms. The number of nitrogens with zero attached hydrogens (tertiary/aromatic N) is 3. The second-order valence-corrected chi connectivity index (χ2v) is 2.97. The van der Waals surface area contributed by atoms with Crippen LogP contribution in [0.4, 0.5) is 13.2 Å². The average Bonchev–Trinajstić information content (AvgIpc) is 2.58. The Balaban J connectivity index is 2.68. The molecule has 0 aliphatic rings. The number of rotatable bonds is 1. The molecular formula is C8H4F3N3O2. The Hall–Kier alpha value is -2.12. The van der Waals surface area contributed by atoms with Crippen LogP contribution in [-0.4, -0.2) is 25.7 Å². The van der Waals surface area contributed by atoms with Gasteiger partial charge in [0.05, 0.1) is 11.8 Å². The fourth-order valence-electron chi connectivity index (χ4n) is 1.20. The van der Waals surface area contributed by atoms with Crippen molar-refractivity contribution >= 4 is 11.5 Å². The van der Waals surface area contributed by atoms with Gasteiger partial charge in [-0.05, 0) is 6.07 Å². The maximum atomic E-state index is 12.3. The minimum Gasteiger partial charge on any atom is -0.476 e. The van der Waals surface area contributed by atoms with Gasteiger partial charge in [-0.3, -0.25) is 0 Å². The van der Waals surface area contributed by atoms with E-state index >= 15 is 0 Å². The van der Waals surface area contributed by atoms with Gasteiger partial charge in [-0.1, -0.05) is 0 Å². The van der Waals surface area contributed by atoms with E-state index in [0.717, 1.165) is 10.8 Å². The van der Waals surface area contributed by atoms with Gasteiger partial charge >= 0.3 is 12.1 Å². The molecule has 5 nitrogen and oxygen atoms in total. The number of aromatic nitrogens is 3. The third-order valence-electron chi connectivity index (χ3n) is 1.93. The van der Waals surface area contributed by atoms with Crippen molar-refractivity contribution in [2.75, 3.05) is 0 Å². The van der Waals surface area contributed by atoms with Gasteiger partial charge in [0, 0.05) is 0 Å². The summed E-state index contributed by atoms with van der Waals surface area (Å²) in [6.45, 7) is 0. The van der Waals surface area contributed by atoms with E-state index in [2.05, 4.69) is 10.1 Å². The third-order valence-corrected chi connectivity index (χ3v) is 1.93. The maximum absolute atomic E-state index is 12.3. The first-order valence-corrected chi connectivity index (χ1v) is 4.03. The van der Waals surface area contributed by atoms with E-state index in [1.807, 2.05) is 0 Å². The molecule has 0 spiro atoms. The van der Waals surface area contributed by atoms with E-state index in [1.54, 1.807) is 0 Å². The Morgan fingerprint density at radius 3 is 2.69 bits per heavy atom. The van der Waals surface area contributed by atoms with Gasteiger partial charge in [0.25, 0.3) is 0 Å². The molecule has 8 heteroatoms. The highest BCUT2D eigenvalue weighted by molar-refractivity contribution is 5.93.